The maximum Gasteiger partial charge on any atom is 0.205 e. The van der Waals surface area contributed by atoms with Crippen molar-refractivity contribution >= 4 is 5.78 Å². The lowest BCUT2D eigenvalue weighted by atomic mass is 10.3. The number of aromatic nitrogens is 2. The van der Waals surface area contributed by atoms with Gasteiger partial charge in [0.1, 0.15) is 11.5 Å². The molecule has 76 valence electrons. The van der Waals surface area contributed by atoms with E-state index >= 15 is 0 Å². The van der Waals surface area contributed by atoms with Crippen molar-refractivity contribution in [3.8, 4) is 0 Å². The van der Waals surface area contributed by atoms with Crippen LogP contribution in [0.25, 0.3) is 0 Å². The van der Waals surface area contributed by atoms with Crippen molar-refractivity contribution in [3.05, 3.63) is 30.0 Å². The Labute approximate surface area is 83.9 Å². The first-order valence-electron chi connectivity index (χ1n) is 4.39. The topological polar surface area (TPSA) is 38.1 Å². The van der Waals surface area contributed by atoms with Gasteiger partial charge in [-0.25, -0.2) is 4.98 Å². The highest BCUT2D eigenvalue weighted by Crippen LogP contribution is 2.03. The molecule has 0 aliphatic carbocycles. The predicted molar refractivity (Wildman–Crippen MR) is 55.1 cm³/mol. The van der Waals surface area contributed by atoms with Gasteiger partial charge in [0.15, 0.2) is 0 Å². The summed E-state index contributed by atoms with van der Waals surface area (Å²) < 4.78 is 1.78. The number of hydrogen-bond acceptors (Lipinski definition) is 3. The Bertz CT molecular complexity index is 363. The van der Waals surface area contributed by atoms with Crippen LogP contribution in [0.5, 0.6) is 0 Å². The van der Waals surface area contributed by atoms with E-state index in [0.29, 0.717) is 5.69 Å². The molecule has 0 bridgehead atoms. The number of rotatable bonds is 3. The number of allylic oxidation sites excluding steroid dienone is 1. The summed E-state index contributed by atoms with van der Waals surface area (Å²) in [7, 11) is 5.58. The normalized spacial score (nSPS) is 10.9. The molecular formula is C10H15N3O. The number of aryl methyl sites for hydroxylation is 1. The van der Waals surface area contributed by atoms with Crippen LogP contribution in [-0.4, -0.2) is 34.3 Å². The lowest BCUT2D eigenvalue weighted by molar-refractivity contribution is 0.103. The molecule has 0 saturated heterocycles. The van der Waals surface area contributed by atoms with Crippen LogP contribution in [-0.2, 0) is 7.05 Å². The maximum atomic E-state index is 11.6. The molecule has 0 spiro atoms. The lowest BCUT2D eigenvalue weighted by Crippen LogP contribution is -2.06. The highest BCUT2D eigenvalue weighted by Gasteiger charge is 2.08. The van der Waals surface area contributed by atoms with Crippen LogP contribution in [0.4, 0.5) is 0 Å². The van der Waals surface area contributed by atoms with Crippen LogP contribution in [0.2, 0.25) is 0 Å². The van der Waals surface area contributed by atoms with Crippen molar-refractivity contribution in [3.63, 3.8) is 0 Å². The van der Waals surface area contributed by atoms with Gasteiger partial charge in [0.2, 0.25) is 5.78 Å². The molecule has 0 aliphatic heterocycles. The van der Waals surface area contributed by atoms with E-state index in [2.05, 4.69) is 4.98 Å². The Balaban J connectivity index is 2.85. The monoisotopic (exact) mass is 193 g/mol. The molecule has 0 aliphatic rings. The van der Waals surface area contributed by atoms with Crippen LogP contribution < -0.4 is 0 Å². The predicted octanol–water partition coefficient (Wildman–Crippen LogP) is 0.987. The number of hydrogen-bond donors (Lipinski definition) is 0. The SMILES string of the molecule is Cc1ncc(C(=O)/C=C/N(C)C)n1C. The first-order valence-corrected chi connectivity index (χ1v) is 4.39. The van der Waals surface area contributed by atoms with Crippen molar-refractivity contribution in [2.75, 3.05) is 14.1 Å². The average Bonchev–Trinajstić information content (AvgIpc) is 2.44. The number of ketones is 1. The van der Waals surface area contributed by atoms with E-state index in [-0.39, 0.29) is 5.78 Å². The third kappa shape index (κ3) is 2.22. The molecule has 0 N–H and O–H groups in total. The Hall–Kier alpha value is -1.58. The summed E-state index contributed by atoms with van der Waals surface area (Å²) in [4.78, 5) is 17.5. The fourth-order valence-corrected chi connectivity index (χ4v) is 1.03. The van der Waals surface area contributed by atoms with Crippen LogP contribution >= 0.6 is 0 Å². The molecule has 1 rings (SSSR count). The van der Waals surface area contributed by atoms with Crippen molar-refractivity contribution in [1.29, 1.82) is 0 Å². The lowest BCUT2D eigenvalue weighted by Gasteiger charge is -2.03. The van der Waals surface area contributed by atoms with Crippen molar-refractivity contribution in [2.24, 2.45) is 7.05 Å². The second-order valence-corrected chi connectivity index (χ2v) is 3.39. The van der Waals surface area contributed by atoms with Crippen LogP contribution in [0, 0.1) is 6.92 Å². The summed E-state index contributed by atoms with van der Waals surface area (Å²) in [6.45, 7) is 1.87. The third-order valence-electron chi connectivity index (χ3n) is 2.00. The van der Waals surface area contributed by atoms with Crippen LogP contribution in [0.3, 0.4) is 0 Å². The highest BCUT2D eigenvalue weighted by atomic mass is 16.1. The highest BCUT2D eigenvalue weighted by molar-refractivity contribution is 6.03. The average molecular weight is 193 g/mol. The number of imidazole rings is 1. The molecule has 14 heavy (non-hydrogen) atoms. The van der Waals surface area contributed by atoms with Gasteiger partial charge in [0, 0.05) is 33.4 Å². The quantitative estimate of drug-likeness (QED) is 0.530. The first-order chi connectivity index (χ1) is 6.52. The molecule has 1 heterocycles. The summed E-state index contributed by atoms with van der Waals surface area (Å²) in [5.41, 5.74) is 0.612. The molecular weight excluding hydrogens is 178 g/mol. The van der Waals surface area contributed by atoms with Gasteiger partial charge >= 0.3 is 0 Å². The van der Waals surface area contributed by atoms with E-state index in [1.54, 1.807) is 17.0 Å². The number of carbonyl (C=O) groups excluding carboxylic acids is 1. The maximum absolute atomic E-state index is 11.6. The summed E-state index contributed by atoms with van der Waals surface area (Å²) >= 11 is 0. The molecule has 0 saturated carbocycles. The van der Waals surface area contributed by atoms with Gasteiger partial charge in [0.05, 0.1) is 6.20 Å². The van der Waals surface area contributed by atoms with Crippen LogP contribution in [0.15, 0.2) is 18.5 Å². The first kappa shape index (κ1) is 10.5. The second kappa shape index (κ2) is 4.09. The molecule has 0 atom stereocenters. The van der Waals surface area contributed by atoms with Gasteiger partial charge in [-0.2, -0.15) is 0 Å². The van der Waals surface area contributed by atoms with Crippen molar-refractivity contribution < 1.29 is 4.79 Å². The minimum atomic E-state index is -0.0261. The zero-order valence-electron chi connectivity index (χ0n) is 8.98. The van der Waals surface area contributed by atoms with E-state index in [1.807, 2.05) is 33.0 Å². The third-order valence-corrected chi connectivity index (χ3v) is 2.00. The van der Waals surface area contributed by atoms with Crippen molar-refractivity contribution in [1.82, 2.24) is 14.5 Å². The molecule has 1 aromatic rings. The van der Waals surface area contributed by atoms with Gasteiger partial charge in [-0.15, -0.1) is 0 Å². The molecule has 4 heteroatoms. The van der Waals surface area contributed by atoms with Gasteiger partial charge in [-0.05, 0) is 6.92 Å². The molecule has 1 aromatic heterocycles. The summed E-state index contributed by atoms with van der Waals surface area (Å²) in [6, 6.07) is 0. The van der Waals surface area contributed by atoms with Gasteiger partial charge < -0.3 is 9.47 Å². The van der Waals surface area contributed by atoms with Gasteiger partial charge in [0.25, 0.3) is 0 Å². The Morgan fingerprint density at radius 1 is 1.57 bits per heavy atom. The molecule has 0 aromatic carbocycles. The van der Waals surface area contributed by atoms with Gasteiger partial charge in [-0.3, -0.25) is 4.79 Å². The fraction of sp³-hybridized carbons (Fsp3) is 0.400. The van der Waals surface area contributed by atoms with E-state index in [0.717, 1.165) is 5.82 Å². The molecule has 0 fully saturated rings. The Kier molecular flexibility index (Phi) is 3.06. The Morgan fingerprint density at radius 2 is 2.21 bits per heavy atom. The largest absolute Gasteiger partial charge is 0.383 e. The zero-order chi connectivity index (χ0) is 10.7. The fourth-order valence-electron chi connectivity index (χ4n) is 1.03. The molecule has 0 amide bonds. The van der Waals surface area contributed by atoms with Crippen LogP contribution in [0.1, 0.15) is 16.3 Å². The molecule has 0 unspecified atom stereocenters. The molecule has 4 nitrogen and oxygen atoms in total. The second-order valence-electron chi connectivity index (χ2n) is 3.39. The van der Waals surface area contributed by atoms with E-state index in [4.69, 9.17) is 0 Å². The smallest absolute Gasteiger partial charge is 0.205 e. The van der Waals surface area contributed by atoms with E-state index in [9.17, 15) is 4.79 Å². The zero-order valence-corrected chi connectivity index (χ0v) is 8.98. The Morgan fingerprint density at radius 3 is 2.64 bits per heavy atom. The standard InChI is InChI=1S/C10H15N3O/c1-8-11-7-9(13(8)4)10(14)5-6-12(2)3/h5-7H,1-4H3/b6-5+. The minimum absolute atomic E-state index is 0.0261. The number of nitrogens with zero attached hydrogens (tertiary/aromatic N) is 3. The van der Waals surface area contributed by atoms with Gasteiger partial charge in [-0.1, -0.05) is 0 Å². The van der Waals surface area contributed by atoms with E-state index in [1.165, 1.54) is 6.08 Å². The summed E-state index contributed by atoms with van der Waals surface area (Å²) in [6.07, 6.45) is 4.86. The van der Waals surface area contributed by atoms with Crippen molar-refractivity contribution in [2.45, 2.75) is 6.92 Å². The van der Waals surface area contributed by atoms with E-state index < -0.39 is 0 Å². The molecule has 0 radical (unpaired) electrons. The minimum Gasteiger partial charge on any atom is -0.383 e. The summed E-state index contributed by atoms with van der Waals surface area (Å²) in [5.74, 6) is 0.813. The number of carbonyl (C=O) groups is 1. The summed E-state index contributed by atoms with van der Waals surface area (Å²) in [5, 5.41) is 0.